The van der Waals surface area contributed by atoms with Crippen LogP contribution < -0.4 is 5.73 Å². The van der Waals surface area contributed by atoms with Gasteiger partial charge in [0, 0.05) is 13.2 Å². The molecular formula is C8H13F3N4O. The van der Waals surface area contributed by atoms with E-state index in [2.05, 4.69) is 10.3 Å². The van der Waals surface area contributed by atoms with Crippen molar-refractivity contribution in [1.82, 2.24) is 15.0 Å². The van der Waals surface area contributed by atoms with E-state index >= 15 is 0 Å². The number of hydrogen-bond donors (Lipinski definition) is 2. The predicted octanol–water partition coefficient (Wildman–Crippen LogP) is 0.699. The zero-order valence-corrected chi connectivity index (χ0v) is 8.70. The summed E-state index contributed by atoms with van der Waals surface area (Å²) < 4.78 is 38.9. The van der Waals surface area contributed by atoms with Gasteiger partial charge in [0.2, 0.25) is 0 Å². The number of nitrogens with zero attached hydrogens (tertiary/aromatic N) is 3. The van der Waals surface area contributed by atoms with Gasteiger partial charge in [0.1, 0.15) is 5.69 Å². The molecular weight excluding hydrogens is 225 g/mol. The van der Waals surface area contributed by atoms with Crippen LogP contribution in [-0.2, 0) is 12.7 Å². The van der Waals surface area contributed by atoms with Gasteiger partial charge < -0.3 is 10.8 Å². The molecule has 5 nitrogen and oxygen atoms in total. The lowest BCUT2D eigenvalue weighted by Gasteiger charge is -2.15. The van der Waals surface area contributed by atoms with E-state index in [1.807, 2.05) is 0 Å². The van der Waals surface area contributed by atoms with Gasteiger partial charge in [-0.1, -0.05) is 5.21 Å². The Morgan fingerprint density at radius 1 is 1.50 bits per heavy atom. The molecule has 0 fully saturated rings. The van der Waals surface area contributed by atoms with Crippen LogP contribution in [0, 0.1) is 0 Å². The number of halogens is 3. The second kappa shape index (κ2) is 4.79. The van der Waals surface area contributed by atoms with E-state index in [1.54, 1.807) is 0 Å². The summed E-state index contributed by atoms with van der Waals surface area (Å²) in [6.07, 6.45) is -4.36. The van der Waals surface area contributed by atoms with Crippen molar-refractivity contribution in [3.63, 3.8) is 0 Å². The fraction of sp³-hybridized carbons (Fsp3) is 0.750. The summed E-state index contributed by atoms with van der Waals surface area (Å²) in [5.41, 5.74) is 3.95. The fourth-order valence-corrected chi connectivity index (χ4v) is 1.38. The van der Waals surface area contributed by atoms with Crippen molar-refractivity contribution in [2.24, 2.45) is 5.73 Å². The fourth-order valence-electron chi connectivity index (χ4n) is 1.38. The van der Waals surface area contributed by atoms with Crippen LogP contribution in [-0.4, -0.2) is 26.7 Å². The molecule has 16 heavy (non-hydrogen) atoms. The van der Waals surface area contributed by atoms with Crippen molar-refractivity contribution < 1.29 is 18.3 Å². The van der Waals surface area contributed by atoms with E-state index in [4.69, 9.17) is 10.8 Å². The summed E-state index contributed by atoms with van der Waals surface area (Å²) in [6, 6.07) is -0.575. The molecule has 1 unspecified atom stereocenters. The zero-order chi connectivity index (χ0) is 12.3. The smallest absolute Gasteiger partial charge is 0.396 e. The normalized spacial score (nSPS) is 14.1. The first-order valence-electron chi connectivity index (χ1n) is 4.74. The van der Waals surface area contributed by atoms with Crippen molar-refractivity contribution in [3.8, 4) is 0 Å². The maximum absolute atomic E-state index is 12.7. The largest absolute Gasteiger partial charge is 0.434 e. The third-order valence-electron chi connectivity index (χ3n) is 2.19. The van der Waals surface area contributed by atoms with Crippen molar-refractivity contribution >= 4 is 0 Å². The highest BCUT2D eigenvalue weighted by Gasteiger charge is 2.39. The third-order valence-corrected chi connectivity index (χ3v) is 2.19. The molecule has 0 radical (unpaired) electrons. The molecule has 0 spiro atoms. The molecule has 92 valence electrons. The average molecular weight is 238 g/mol. The first-order chi connectivity index (χ1) is 7.41. The molecule has 0 aliphatic heterocycles. The van der Waals surface area contributed by atoms with Crippen molar-refractivity contribution in [1.29, 1.82) is 0 Å². The topological polar surface area (TPSA) is 77.0 Å². The van der Waals surface area contributed by atoms with Gasteiger partial charge in [0.25, 0.3) is 0 Å². The molecule has 1 aromatic rings. The average Bonchev–Trinajstić information content (AvgIpc) is 2.60. The Labute approximate surface area is 90.0 Å². The number of rotatable bonds is 4. The van der Waals surface area contributed by atoms with Gasteiger partial charge in [-0.15, -0.1) is 5.10 Å². The van der Waals surface area contributed by atoms with Crippen LogP contribution >= 0.6 is 0 Å². The highest BCUT2D eigenvalue weighted by Crippen LogP contribution is 2.32. The van der Waals surface area contributed by atoms with Crippen LogP contribution in [0.5, 0.6) is 0 Å². The Hall–Kier alpha value is -1.15. The molecule has 1 rings (SSSR count). The number of hydrogen-bond acceptors (Lipinski definition) is 4. The minimum atomic E-state index is -4.54. The summed E-state index contributed by atoms with van der Waals surface area (Å²) in [4.78, 5) is 0. The van der Waals surface area contributed by atoms with Crippen LogP contribution in [0.3, 0.4) is 0 Å². The second-order valence-electron chi connectivity index (χ2n) is 3.39. The Kier molecular flexibility index (Phi) is 3.87. The molecule has 0 saturated heterocycles. The standard InChI is InChI=1S/C8H13F3N4O/c1-5(2-3-16)15-7(8(9,10)11)6(4-12)13-14-15/h5,16H,2-4,12H2,1H3. The van der Waals surface area contributed by atoms with E-state index in [-0.39, 0.29) is 25.3 Å². The maximum atomic E-state index is 12.7. The molecule has 3 N–H and O–H groups in total. The van der Waals surface area contributed by atoms with Crippen molar-refractivity contribution in [2.45, 2.75) is 32.1 Å². The van der Waals surface area contributed by atoms with Crippen molar-refractivity contribution in [2.75, 3.05) is 6.61 Å². The van der Waals surface area contributed by atoms with Gasteiger partial charge in [0.15, 0.2) is 5.69 Å². The lowest BCUT2D eigenvalue weighted by Crippen LogP contribution is -2.20. The number of aliphatic hydroxyl groups excluding tert-OH is 1. The third kappa shape index (κ3) is 2.50. The van der Waals surface area contributed by atoms with Gasteiger partial charge in [-0.05, 0) is 13.3 Å². The summed E-state index contributed by atoms with van der Waals surface area (Å²) in [7, 11) is 0. The summed E-state index contributed by atoms with van der Waals surface area (Å²) in [6.45, 7) is 0.997. The van der Waals surface area contributed by atoms with Crippen LogP contribution in [0.15, 0.2) is 0 Å². The molecule has 0 aliphatic rings. The van der Waals surface area contributed by atoms with Crippen LogP contribution in [0.2, 0.25) is 0 Å². The second-order valence-corrected chi connectivity index (χ2v) is 3.39. The Balaban J connectivity index is 3.15. The predicted molar refractivity (Wildman–Crippen MR) is 49.3 cm³/mol. The van der Waals surface area contributed by atoms with E-state index in [9.17, 15) is 13.2 Å². The van der Waals surface area contributed by atoms with Crippen molar-refractivity contribution in [3.05, 3.63) is 11.4 Å². The number of alkyl halides is 3. The Morgan fingerprint density at radius 3 is 2.56 bits per heavy atom. The van der Waals surface area contributed by atoms with E-state index in [1.165, 1.54) is 6.92 Å². The van der Waals surface area contributed by atoms with Gasteiger partial charge in [-0.2, -0.15) is 13.2 Å². The lowest BCUT2D eigenvalue weighted by atomic mass is 10.2. The summed E-state index contributed by atoms with van der Waals surface area (Å²) >= 11 is 0. The molecule has 1 aromatic heterocycles. The maximum Gasteiger partial charge on any atom is 0.434 e. The first kappa shape index (κ1) is 12.9. The quantitative estimate of drug-likeness (QED) is 0.809. The highest BCUT2D eigenvalue weighted by atomic mass is 19.4. The Morgan fingerprint density at radius 2 is 2.12 bits per heavy atom. The van der Waals surface area contributed by atoms with Gasteiger partial charge in [-0.25, -0.2) is 4.68 Å². The van der Waals surface area contributed by atoms with Crippen LogP contribution in [0.1, 0.15) is 30.8 Å². The molecule has 0 bridgehead atoms. The molecule has 0 saturated carbocycles. The summed E-state index contributed by atoms with van der Waals surface area (Å²) in [5.74, 6) is 0. The molecule has 8 heteroatoms. The monoisotopic (exact) mass is 238 g/mol. The van der Waals surface area contributed by atoms with Gasteiger partial charge in [0.05, 0.1) is 6.04 Å². The zero-order valence-electron chi connectivity index (χ0n) is 8.70. The molecule has 0 amide bonds. The summed E-state index contributed by atoms with van der Waals surface area (Å²) in [5, 5.41) is 15.5. The van der Waals surface area contributed by atoms with Gasteiger partial charge >= 0.3 is 6.18 Å². The van der Waals surface area contributed by atoms with E-state index in [0.29, 0.717) is 0 Å². The molecule has 1 atom stereocenters. The van der Waals surface area contributed by atoms with E-state index < -0.39 is 17.9 Å². The molecule has 0 aromatic carbocycles. The Bertz CT molecular complexity index is 350. The van der Waals surface area contributed by atoms with E-state index in [0.717, 1.165) is 4.68 Å². The first-order valence-corrected chi connectivity index (χ1v) is 4.74. The highest BCUT2D eigenvalue weighted by molar-refractivity contribution is 5.14. The number of aliphatic hydroxyl groups is 1. The van der Waals surface area contributed by atoms with Gasteiger partial charge in [-0.3, -0.25) is 0 Å². The van der Waals surface area contributed by atoms with Crippen LogP contribution in [0.4, 0.5) is 13.2 Å². The molecule has 0 aliphatic carbocycles. The SMILES string of the molecule is CC(CCO)n1nnc(CN)c1C(F)(F)F. The number of aromatic nitrogens is 3. The minimum Gasteiger partial charge on any atom is -0.396 e. The molecule has 1 heterocycles. The number of nitrogens with two attached hydrogens (primary N) is 1. The minimum absolute atomic E-state index is 0.177. The lowest BCUT2D eigenvalue weighted by molar-refractivity contribution is -0.145. The van der Waals surface area contributed by atoms with Crippen LogP contribution in [0.25, 0.3) is 0 Å².